The lowest BCUT2D eigenvalue weighted by Gasteiger charge is -2.15. The fourth-order valence-electron chi connectivity index (χ4n) is 2.68. The molecule has 1 N–H and O–H groups in total. The molecular weight excluding hydrogens is 304 g/mol. The van der Waals surface area contributed by atoms with Crippen molar-refractivity contribution in [3.05, 3.63) is 62.9 Å². The van der Waals surface area contributed by atoms with Crippen LogP contribution in [-0.4, -0.2) is 15.5 Å². The molecule has 0 radical (unpaired) electrons. The first kappa shape index (κ1) is 17.5. The molecule has 0 bridgehead atoms. The van der Waals surface area contributed by atoms with Crippen LogP contribution in [0.15, 0.2) is 35.1 Å². The van der Waals surface area contributed by atoms with E-state index in [1.54, 1.807) is 30.3 Å². The van der Waals surface area contributed by atoms with Crippen LogP contribution in [0.5, 0.6) is 5.88 Å². The molecule has 0 saturated carbocycles. The Labute approximate surface area is 140 Å². The number of carbonyl (C=O) groups excluding carboxylic acids is 1. The summed E-state index contributed by atoms with van der Waals surface area (Å²) in [5.74, 6) is -0.757. The maximum Gasteiger partial charge on any atom is 0.271 e. The van der Waals surface area contributed by atoms with Crippen LogP contribution in [0.3, 0.4) is 0 Å². The minimum absolute atomic E-state index is 0.0221. The summed E-state index contributed by atoms with van der Waals surface area (Å²) < 4.78 is 1.14. The Balaban J connectivity index is 2.63. The summed E-state index contributed by atoms with van der Waals surface area (Å²) in [6.07, 6.45) is 2.54. The summed E-state index contributed by atoms with van der Waals surface area (Å²) in [6, 6.07) is 10.4. The van der Waals surface area contributed by atoms with E-state index in [1.165, 1.54) is 6.92 Å². The van der Waals surface area contributed by atoms with Gasteiger partial charge in [-0.25, -0.2) is 0 Å². The van der Waals surface area contributed by atoms with Crippen molar-refractivity contribution in [3.63, 3.8) is 0 Å². The number of ketones is 1. The molecule has 0 amide bonds. The number of carbonyl (C=O) groups is 1. The SMILES string of the molecule is CCCCCn1c(O)c(C(=O)c2ccccc2)c(C)c(C#N)c1=O. The van der Waals surface area contributed by atoms with Gasteiger partial charge in [0.15, 0.2) is 5.78 Å². The van der Waals surface area contributed by atoms with Crippen LogP contribution in [0.1, 0.15) is 53.2 Å². The van der Waals surface area contributed by atoms with Crippen LogP contribution >= 0.6 is 0 Å². The van der Waals surface area contributed by atoms with Crippen LogP contribution in [0.25, 0.3) is 0 Å². The Morgan fingerprint density at radius 3 is 2.50 bits per heavy atom. The lowest BCUT2D eigenvalue weighted by molar-refractivity contribution is 0.103. The van der Waals surface area contributed by atoms with Crippen molar-refractivity contribution in [2.75, 3.05) is 0 Å². The maximum absolute atomic E-state index is 12.8. The van der Waals surface area contributed by atoms with E-state index >= 15 is 0 Å². The number of aromatic hydroxyl groups is 1. The number of pyridine rings is 1. The third-order valence-corrected chi connectivity index (χ3v) is 4.05. The molecule has 24 heavy (non-hydrogen) atoms. The summed E-state index contributed by atoms with van der Waals surface area (Å²) in [5.41, 5.74) is 0.00443. The van der Waals surface area contributed by atoms with Gasteiger partial charge in [-0.1, -0.05) is 50.1 Å². The molecule has 1 heterocycles. The molecule has 0 saturated heterocycles. The van der Waals surface area contributed by atoms with Gasteiger partial charge in [-0.15, -0.1) is 0 Å². The number of hydrogen-bond donors (Lipinski definition) is 1. The number of unbranched alkanes of at least 4 members (excludes halogenated alkanes) is 2. The van der Waals surface area contributed by atoms with Gasteiger partial charge in [-0.3, -0.25) is 14.2 Å². The fourth-order valence-corrected chi connectivity index (χ4v) is 2.68. The van der Waals surface area contributed by atoms with E-state index < -0.39 is 11.3 Å². The Morgan fingerprint density at radius 1 is 1.25 bits per heavy atom. The third kappa shape index (κ3) is 3.23. The first-order valence-electron chi connectivity index (χ1n) is 7.99. The molecule has 0 aliphatic rings. The largest absolute Gasteiger partial charge is 0.494 e. The predicted molar refractivity (Wildman–Crippen MR) is 91.2 cm³/mol. The van der Waals surface area contributed by atoms with Crippen molar-refractivity contribution in [2.45, 2.75) is 39.7 Å². The van der Waals surface area contributed by atoms with Gasteiger partial charge in [0.2, 0.25) is 5.88 Å². The zero-order chi connectivity index (χ0) is 17.7. The second-order valence-electron chi connectivity index (χ2n) is 5.67. The molecule has 1 aromatic carbocycles. The van der Waals surface area contributed by atoms with E-state index in [2.05, 4.69) is 0 Å². The standard InChI is InChI=1S/C19H20N2O3/c1-3-4-8-11-21-18(23)15(12-20)13(2)16(19(21)24)17(22)14-9-6-5-7-10-14/h5-7,9-10,24H,3-4,8,11H2,1-2H3. The molecule has 0 unspecified atom stereocenters. The van der Waals surface area contributed by atoms with Crippen molar-refractivity contribution in [3.8, 4) is 11.9 Å². The van der Waals surface area contributed by atoms with Gasteiger partial charge in [-0.05, 0) is 18.9 Å². The molecule has 5 heteroatoms. The number of rotatable bonds is 6. The molecule has 1 aromatic heterocycles. The topological polar surface area (TPSA) is 83.1 Å². The highest BCUT2D eigenvalue weighted by atomic mass is 16.3. The second-order valence-corrected chi connectivity index (χ2v) is 5.67. The molecule has 0 fully saturated rings. The molecule has 2 rings (SSSR count). The minimum Gasteiger partial charge on any atom is -0.494 e. The van der Waals surface area contributed by atoms with Crippen LogP contribution < -0.4 is 5.56 Å². The van der Waals surface area contributed by atoms with Crippen LogP contribution in [-0.2, 0) is 6.54 Å². The van der Waals surface area contributed by atoms with Gasteiger partial charge in [0.25, 0.3) is 5.56 Å². The van der Waals surface area contributed by atoms with Crippen molar-refractivity contribution in [2.24, 2.45) is 0 Å². The van der Waals surface area contributed by atoms with Gasteiger partial charge < -0.3 is 5.11 Å². The molecule has 5 nitrogen and oxygen atoms in total. The molecule has 2 aromatic rings. The molecule has 0 aliphatic heterocycles. The molecule has 0 spiro atoms. The zero-order valence-corrected chi connectivity index (χ0v) is 13.9. The Morgan fingerprint density at radius 2 is 1.92 bits per heavy atom. The normalized spacial score (nSPS) is 10.4. The molecular formula is C19H20N2O3. The van der Waals surface area contributed by atoms with Gasteiger partial charge in [0, 0.05) is 12.1 Å². The third-order valence-electron chi connectivity index (χ3n) is 4.05. The number of aromatic nitrogens is 1. The number of nitrogens with zero attached hydrogens (tertiary/aromatic N) is 2. The van der Waals surface area contributed by atoms with E-state index in [1.807, 2.05) is 13.0 Å². The lowest BCUT2D eigenvalue weighted by Crippen LogP contribution is -2.27. The Bertz CT molecular complexity index is 846. The first-order chi connectivity index (χ1) is 11.5. The van der Waals surface area contributed by atoms with E-state index in [0.717, 1.165) is 17.4 Å². The first-order valence-corrected chi connectivity index (χ1v) is 7.99. The smallest absolute Gasteiger partial charge is 0.271 e. The van der Waals surface area contributed by atoms with Gasteiger partial charge in [0.1, 0.15) is 11.6 Å². The van der Waals surface area contributed by atoms with Crippen LogP contribution in [0.2, 0.25) is 0 Å². The van der Waals surface area contributed by atoms with E-state index in [9.17, 15) is 20.0 Å². The molecule has 0 atom stereocenters. The van der Waals surface area contributed by atoms with Crippen LogP contribution in [0.4, 0.5) is 0 Å². The second kappa shape index (κ2) is 7.60. The monoisotopic (exact) mass is 324 g/mol. The summed E-state index contributed by atoms with van der Waals surface area (Å²) in [6.45, 7) is 3.83. The zero-order valence-electron chi connectivity index (χ0n) is 13.9. The van der Waals surface area contributed by atoms with Gasteiger partial charge >= 0.3 is 0 Å². The van der Waals surface area contributed by atoms with Crippen molar-refractivity contribution < 1.29 is 9.90 Å². The number of hydrogen-bond acceptors (Lipinski definition) is 4. The summed E-state index contributed by atoms with van der Waals surface area (Å²) in [5, 5.41) is 19.8. The lowest BCUT2D eigenvalue weighted by atomic mass is 9.97. The number of benzene rings is 1. The van der Waals surface area contributed by atoms with Crippen molar-refractivity contribution in [1.82, 2.24) is 4.57 Å². The van der Waals surface area contributed by atoms with E-state index in [-0.39, 0.29) is 29.1 Å². The molecule has 124 valence electrons. The average Bonchev–Trinajstić information content (AvgIpc) is 2.59. The predicted octanol–water partition coefficient (Wildman–Crippen LogP) is 3.16. The average molecular weight is 324 g/mol. The number of nitriles is 1. The Kier molecular flexibility index (Phi) is 5.54. The van der Waals surface area contributed by atoms with E-state index in [4.69, 9.17) is 0 Å². The quantitative estimate of drug-likeness (QED) is 0.653. The van der Waals surface area contributed by atoms with E-state index in [0.29, 0.717) is 12.0 Å². The summed E-state index contributed by atoms with van der Waals surface area (Å²) in [7, 11) is 0. The fraction of sp³-hybridized carbons (Fsp3) is 0.316. The van der Waals surface area contributed by atoms with Crippen LogP contribution in [0, 0.1) is 18.3 Å². The summed E-state index contributed by atoms with van der Waals surface area (Å²) in [4.78, 5) is 25.2. The van der Waals surface area contributed by atoms with Gasteiger partial charge in [-0.2, -0.15) is 5.26 Å². The highest BCUT2D eigenvalue weighted by molar-refractivity contribution is 6.11. The highest BCUT2D eigenvalue weighted by Crippen LogP contribution is 2.25. The maximum atomic E-state index is 12.8. The van der Waals surface area contributed by atoms with Crippen molar-refractivity contribution in [1.29, 1.82) is 5.26 Å². The highest BCUT2D eigenvalue weighted by Gasteiger charge is 2.24. The molecule has 0 aliphatic carbocycles. The van der Waals surface area contributed by atoms with Crippen molar-refractivity contribution >= 4 is 5.78 Å². The van der Waals surface area contributed by atoms with Gasteiger partial charge in [0.05, 0.1) is 5.56 Å². The minimum atomic E-state index is -0.548. The summed E-state index contributed by atoms with van der Waals surface area (Å²) >= 11 is 0. The Hall–Kier alpha value is -2.87.